The second-order valence-corrected chi connectivity index (χ2v) is 6.78. The van der Waals surface area contributed by atoms with Gasteiger partial charge >= 0.3 is 10.3 Å². The maximum atomic E-state index is 11.2. The molecule has 0 atom stereocenters. The highest BCUT2D eigenvalue weighted by Crippen LogP contribution is 2.41. The second kappa shape index (κ2) is 5.24. The van der Waals surface area contributed by atoms with Gasteiger partial charge in [-0.05, 0) is 31.6 Å². The molecule has 5 heteroatoms. The summed E-state index contributed by atoms with van der Waals surface area (Å²) in [6, 6.07) is 0. The van der Waals surface area contributed by atoms with Gasteiger partial charge in [-0.2, -0.15) is 13.1 Å². The average Bonchev–Trinajstić information content (AvgIpc) is 2.29. The topological polar surface area (TPSA) is 66.4 Å². The van der Waals surface area contributed by atoms with Crippen LogP contribution in [0.4, 0.5) is 0 Å². The standard InChI is InChI=1S/C12H23NO3S/c14-17(15,16)13-12(9-5-2-6-10-12)11-7-3-1-4-8-11/h11,13H,1-10H2,(H,14,15,16). The van der Waals surface area contributed by atoms with Gasteiger partial charge in [-0.25, -0.2) is 0 Å². The fourth-order valence-corrected chi connectivity index (χ4v) is 4.57. The van der Waals surface area contributed by atoms with Crippen molar-refractivity contribution in [2.24, 2.45) is 5.92 Å². The van der Waals surface area contributed by atoms with E-state index in [9.17, 15) is 8.42 Å². The van der Waals surface area contributed by atoms with Crippen molar-refractivity contribution >= 4 is 10.3 Å². The Kier molecular flexibility index (Phi) is 4.10. The Hall–Kier alpha value is -0.130. The minimum absolute atomic E-state index is 0.355. The molecule has 2 saturated carbocycles. The van der Waals surface area contributed by atoms with Crippen molar-refractivity contribution in [2.75, 3.05) is 0 Å². The largest absolute Gasteiger partial charge is 0.333 e. The zero-order valence-corrected chi connectivity index (χ0v) is 11.1. The number of hydrogen-bond acceptors (Lipinski definition) is 2. The van der Waals surface area contributed by atoms with Crippen LogP contribution in [0, 0.1) is 5.92 Å². The first-order valence-electron chi connectivity index (χ1n) is 6.78. The first kappa shape index (κ1) is 13.3. The van der Waals surface area contributed by atoms with Gasteiger partial charge in [-0.3, -0.25) is 4.55 Å². The predicted octanol–water partition coefficient (Wildman–Crippen LogP) is 2.66. The third-order valence-electron chi connectivity index (χ3n) is 4.46. The van der Waals surface area contributed by atoms with E-state index in [1.807, 2.05) is 0 Å². The summed E-state index contributed by atoms with van der Waals surface area (Å²) in [6.45, 7) is 0. The van der Waals surface area contributed by atoms with Crippen LogP contribution in [0.25, 0.3) is 0 Å². The van der Waals surface area contributed by atoms with Gasteiger partial charge in [0, 0.05) is 5.54 Å². The summed E-state index contributed by atoms with van der Waals surface area (Å²) in [5, 5.41) is 0. The summed E-state index contributed by atoms with van der Waals surface area (Å²) in [5.74, 6) is 0.415. The van der Waals surface area contributed by atoms with E-state index in [4.69, 9.17) is 4.55 Å². The molecule has 0 aromatic rings. The molecule has 4 nitrogen and oxygen atoms in total. The van der Waals surface area contributed by atoms with Gasteiger partial charge < -0.3 is 0 Å². The van der Waals surface area contributed by atoms with Crippen molar-refractivity contribution in [3.63, 3.8) is 0 Å². The van der Waals surface area contributed by atoms with E-state index in [2.05, 4.69) is 4.72 Å². The minimum Gasteiger partial charge on any atom is -0.273 e. The molecule has 2 aliphatic rings. The lowest BCUT2D eigenvalue weighted by Gasteiger charge is -2.45. The average molecular weight is 261 g/mol. The fraction of sp³-hybridized carbons (Fsp3) is 1.00. The molecular weight excluding hydrogens is 238 g/mol. The van der Waals surface area contributed by atoms with E-state index < -0.39 is 10.3 Å². The van der Waals surface area contributed by atoms with E-state index in [-0.39, 0.29) is 5.54 Å². The molecule has 100 valence electrons. The molecule has 0 aromatic carbocycles. The van der Waals surface area contributed by atoms with Crippen LogP contribution < -0.4 is 4.72 Å². The van der Waals surface area contributed by atoms with Crippen LogP contribution in [-0.4, -0.2) is 18.5 Å². The first-order valence-corrected chi connectivity index (χ1v) is 8.22. The number of hydrogen-bond donors (Lipinski definition) is 2. The first-order chi connectivity index (χ1) is 8.02. The SMILES string of the molecule is O=S(=O)(O)NC1(C2CCCCC2)CCCCC1. The highest BCUT2D eigenvalue weighted by molar-refractivity contribution is 7.83. The maximum Gasteiger partial charge on any atom is 0.333 e. The van der Waals surface area contributed by atoms with Crippen LogP contribution in [0.2, 0.25) is 0 Å². The van der Waals surface area contributed by atoms with Gasteiger partial charge in [0.25, 0.3) is 0 Å². The zero-order chi connectivity index (χ0) is 12.4. The lowest BCUT2D eigenvalue weighted by atomic mass is 9.68. The summed E-state index contributed by atoms with van der Waals surface area (Å²) < 4.78 is 34.1. The molecule has 0 radical (unpaired) electrons. The van der Waals surface area contributed by atoms with Crippen LogP contribution in [0.5, 0.6) is 0 Å². The van der Waals surface area contributed by atoms with E-state index in [0.29, 0.717) is 5.92 Å². The van der Waals surface area contributed by atoms with Gasteiger partial charge in [0.1, 0.15) is 0 Å². The van der Waals surface area contributed by atoms with Crippen LogP contribution in [0.3, 0.4) is 0 Å². The quantitative estimate of drug-likeness (QED) is 0.768. The molecule has 0 aliphatic heterocycles. The van der Waals surface area contributed by atoms with Gasteiger partial charge in [0.2, 0.25) is 0 Å². The summed E-state index contributed by atoms with van der Waals surface area (Å²) >= 11 is 0. The Morgan fingerprint density at radius 1 is 0.941 bits per heavy atom. The summed E-state index contributed by atoms with van der Waals surface area (Å²) in [6.07, 6.45) is 10.9. The highest BCUT2D eigenvalue weighted by Gasteiger charge is 2.42. The van der Waals surface area contributed by atoms with Crippen molar-refractivity contribution in [3.8, 4) is 0 Å². The Morgan fingerprint density at radius 3 is 2.00 bits per heavy atom. The van der Waals surface area contributed by atoms with Crippen LogP contribution in [0.1, 0.15) is 64.2 Å². The van der Waals surface area contributed by atoms with Gasteiger partial charge in [0.15, 0.2) is 0 Å². The van der Waals surface area contributed by atoms with Crippen LogP contribution in [0.15, 0.2) is 0 Å². The Bertz CT molecular complexity index is 341. The van der Waals surface area contributed by atoms with E-state index >= 15 is 0 Å². The van der Waals surface area contributed by atoms with E-state index in [0.717, 1.165) is 38.5 Å². The molecule has 0 heterocycles. The van der Waals surface area contributed by atoms with Gasteiger partial charge in [-0.15, -0.1) is 0 Å². The molecule has 0 saturated heterocycles. The molecule has 2 N–H and O–H groups in total. The van der Waals surface area contributed by atoms with E-state index in [1.165, 1.54) is 25.7 Å². The third-order valence-corrected chi connectivity index (χ3v) is 5.13. The molecule has 0 spiro atoms. The Balaban J connectivity index is 2.15. The van der Waals surface area contributed by atoms with Crippen LogP contribution in [-0.2, 0) is 10.3 Å². The molecule has 0 amide bonds. The summed E-state index contributed by atoms with van der Waals surface area (Å²) in [4.78, 5) is 0. The number of nitrogens with one attached hydrogen (secondary N) is 1. The smallest absolute Gasteiger partial charge is 0.273 e. The Labute approximate surface area is 104 Å². The summed E-state index contributed by atoms with van der Waals surface area (Å²) in [5.41, 5.74) is -0.355. The predicted molar refractivity (Wildman–Crippen MR) is 67.1 cm³/mol. The molecule has 0 bridgehead atoms. The molecular formula is C12H23NO3S. The highest BCUT2D eigenvalue weighted by atomic mass is 32.2. The second-order valence-electron chi connectivity index (χ2n) is 5.63. The Morgan fingerprint density at radius 2 is 1.47 bits per heavy atom. The molecule has 0 unspecified atom stereocenters. The number of rotatable bonds is 3. The van der Waals surface area contributed by atoms with Gasteiger partial charge in [-0.1, -0.05) is 38.5 Å². The lowest BCUT2D eigenvalue weighted by Crippen LogP contribution is -2.55. The monoisotopic (exact) mass is 261 g/mol. The molecule has 0 aromatic heterocycles. The summed E-state index contributed by atoms with van der Waals surface area (Å²) in [7, 11) is -4.08. The van der Waals surface area contributed by atoms with Crippen molar-refractivity contribution in [1.82, 2.24) is 4.72 Å². The maximum absolute atomic E-state index is 11.2. The third kappa shape index (κ3) is 3.42. The van der Waals surface area contributed by atoms with Crippen molar-refractivity contribution in [2.45, 2.75) is 69.7 Å². The fourth-order valence-electron chi connectivity index (χ4n) is 3.69. The van der Waals surface area contributed by atoms with Gasteiger partial charge in [0.05, 0.1) is 0 Å². The normalized spacial score (nSPS) is 26.9. The van der Waals surface area contributed by atoms with Crippen molar-refractivity contribution in [1.29, 1.82) is 0 Å². The van der Waals surface area contributed by atoms with Crippen LogP contribution >= 0.6 is 0 Å². The van der Waals surface area contributed by atoms with E-state index in [1.54, 1.807) is 0 Å². The van der Waals surface area contributed by atoms with Crippen molar-refractivity contribution < 1.29 is 13.0 Å². The van der Waals surface area contributed by atoms with Crippen molar-refractivity contribution in [3.05, 3.63) is 0 Å². The molecule has 2 aliphatic carbocycles. The molecule has 2 fully saturated rings. The lowest BCUT2D eigenvalue weighted by molar-refractivity contribution is 0.133. The molecule has 2 rings (SSSR count). The zero-order valence-electron chi connectivity index (χ0n) is 10.3. The minimum atomic E-state index is -4.08. The molecule has 17 heavy (non-hydrogen) atoms.